The molecule has 0 aromatic heterocycles. The van der Waals surface area contributed by atoms with Crippen LogP contribution in [0.15, 0.2) is 0 Å². The molecule has 0 saturated carbocycles. The minimum atomic E-state index is 0.396. The fourth-order valence-corrected chi connectivity index (χ4v) is 4.60. The summed E-state index contributed by atoms with van der Waals surface area (Å²) in [6.07, 6.45) is 2.76. The van der Waals surface area contributed by atoms with Crippen LogP contribution in [0.2, 0.25) is 0 Å². The van der Waals surface area contributed by atoms with Crippen molar-refractivity contribution in [3.05, 3.63) is 0 Å². The predicted octanol–water partition coefficient (Wildman–Crippen LogP) is 0.846. The van der Waals surface area contributed by atoms with Gasteiger partial charge in [-0.1, -0.05) is 13.8 Å². The Labute approximate surface area is 117 Å². The van der Waals surface area contributed by atoms with Gasteiger partial charge < -0.3 is 9.80 Å². The summed E-state index contributed by atoms with van der Waals surface area (Å²) in [6.45, 7) is 13.4. The van der Waals surface area contributed by atoms with Crippen molar-refractivity contribution in [1.29, 1.82) is 0 Å². The highest BCUT2D eigenvalue weighted by Crippen LogP contribution is 2.50. The number of hydrazine groups is 1. The lowest BCUT2D eigenvalue weighted by molar-refractivity contribution is 0.157. The number of fused-ring (bicyclic) bond motifs is 1. The summed E-state index contributed by atoms with van der Waals surface area (Å²) in [7, 11) is 2.24. The van der Waals surface area contributed by atoms with Gasteiger partial charge in [0.05, 0.1) is 0 Å². The third-order valence-corrected chi connectivity index (χ3v) is 6.06. The number of likely N-dealkylation sites (tertiary alicyclic amines) is 2. The molecule has 3 rings (SSSR count). The van der Waals surface area contributed by atoms with Crippen molar-refractivity contribution in [1.82, 2.24) is 14.8 Å². The monoisotopic (exact) mass is 266 g/mol. The van der Waals surface area contributed by atoms with Crippen LogP contribution in [-0.4, -0.2) is 67.7 Å². The molecule has 0 bridgehead atoms. The van der Waals surface area contributed by atoms with E-state index in [0.29, 0.717) is 10.8 Å². The first-order chi connectivity index (χ1) is 8.90. The molecule has 0 aromatic rings. The summed E-state index contributed by atoms with van der Waals surface area (Å²) < 4.78 is 0. The van der Waals surface area contributed by atoms with Crippen molar-refractivity contribution in [2.75, 3.05) is 52.9 Å². The minimum absolute atomic E-state index is 0.396. The lowest BCUT2D eigenvalue weighted by atomic mass is 9.71. The van der Waals surface area contributed by atoms with Gasteiger partial charge in [0.25, 0.3) is 0 Å². The standard InChI is InChI=1S/C15H30N4/c1-14-9-18(8-13-4-6-17(3)7-5-13)10-15(14,2)12-19(16)11-14/h13H,4-12,16H2,1-3H3/t14-,15+. The van der Waals surface area contributed by atoms with E-state index in [9.17, 15) is 0 Å². The van der Waals surface area contributed by atoms with E-state index < -0.39 is 0 Å². The van der Waals surface area contributed by atoms with Gasteiger partial charge in [0.2, 0.25) is 0 Å². The van der Waals surface area contributed by atoms with Gasteiger partial charge in [0.1, 0.15) is 0 Å². The van der Waals surface area contributed by atoms with E-state index in [4.69, 9.17) is 5.84 Å². The molecule has 3 aliphatic heterocycles. The molecule has 0 amide bonds. The summed E-state index contributed by atoms with van der Waals surface area (Å²) in [4.78, 5) is 5.19. The molecule has 2 N–H and O–H groups in total. The largest absolute Gasteiger partial charge is 0.306 e. The quantitative estimate of drug-likeness (QED) is 0.752. The highest BCUT2D eigenvalue weighted by atomic mass is 15.4. The van der Waals surface area contributed by atoms with E-state index in [2.05, 4.69) is 30.7 Å². The summed E-state index contributed by atoms with van der Waals surface area (Å²) in [5, 5.41) is 2.03. The topological polar surface area (TPSA) is 35.7 Å². The van der Waals surface area contributed by atoms with Gasteiger partial charge in [-0.2, -0.15) is 0 Å². The zero-order valence-electron chi connectivity index (χ0n) is 12.9. The van der Waals surface area contributed by atoms with Crippen LogP contribution in [0.25, 0.3) is 0 Å². The number of nitrogens with two attached hydrogens (primary N) is 1. The molecule has 0 unspecified atom stereocenters. The Hall–Kier alpha value is -0.160. The number of rotatable bonds is 2. The average molecular weight is 266 g/mol. The Morgan fingerprint density at radius 2 is 1.53 bits per heavy atom. The fourth-order valence-electron chi connectivity index (χ4n) is 4.60. The van der Waals surface area contributed by atoms with Crippen LogP contribution in [0.3, 0.4) is 0 Å². The Morgan fingerprint density at radius 3 is 2.05 bits per heavy atom. The number of hydrogen-bond donors (Lipinski definition) is 1. The summed E-state index contributed by atoms with van der Waals surface area (Å²) in [5.41, 5.74) is 0.792. The third kappa shape index (κ3) is 2.44. The fraction of sp³-hybridized carbons (Fsp3) is 1.00. The van der Waals surface area contributed by atoms with Gasteiger partial charge >= 0.3 is 0 Å². The molecule has 110 valence electrons. The highest BCUT2D eigenvalue weighted by molar-refractivity contribution is 5.08. The minimum Gasteiger partial charge on any atom is -0.306 e. The lowest BCUT2D eigenvalue weighted by Crippen LogP contribution is -2.39. The molecule has 2 atom stereocenters. The zero-order chi connectivity index (χ0) is 13.7. The molecule has 0 aromatic carbocycles. The Bertz CT molecular complexity index is 319. The van der Waals surface area contributed by atoms with Crippen molar-refractivity contribution in [2.45, 2.75) is 26.7 Å². The number of nitrogens with zero attached hydrogens (tertiary/aromatic N) is 3. The summed E-state index contributed by atoms with van der Waals surface area (Å²) >= 11 is 0. The van der Waals surface area contributed by atoms with Gasteiger partial charge in [-0.3, -0.25) is 5.84 Å². The van der Waals surface area contributed by atoms with Crippen LogP contribution in [0, 0.1) is 16.7 Å². The first kappa shape index (κ1) is 13.8. The highest BCUT2D eigenvalue weighted by Gasteiger charge is 2.56. The summed E-state index contributed by atoms with van der Waals surface area (Å²) in [6, 6.07) is 0. The average Bonchev–Trinajstić information content (AvgIpc) is 2.64. The molecule has 3 fully saturated rings. The number of piperidine rings is 1. The molecule has 3 heterocycles. The van der Waals surface area contributed by atoms with E-state index in [1.165, 1.54) is 45.6 Å². The second kappa shape index (κ2) is 4.69. The molecule has 0 radical (unpaired) electrons. The van der Waals surface area contributed by atoms with Crippen molar-refractivity contribution >= 4 is 0 Å². The molecule has 3 aliphatic rings. The molecule has 4 nitrogen and oxygen atoms in total. The van der Waals surface area contributed by atoms with Crippen molar-refractivity contribution in [2.24, 2.45) is 22.6 Å². The van der Waals surface area contributed by atoms with Crippen molar-refractivity contribution in [3.8, 4) is 0 Å². The van der Waals surface area contributed by atoms with Crippen molar-refractivity contribution < 1.29 is 0 Å². The van der Waals surface area contributed by atoms with E-state index in [1.54, 1.807) is 0 Å². The van der Waals surface area contributed by atoms with Gasteiger partial charge in [-0.05, 0) is 38.9 Å². The summed E-state index contributed by atoms with van der Waals surface area (Å²) in [5.74, 6) is 6.96. The van der Waals surface area contributed by atoms with Crippen LogP contribution < -0.4 is 5.84 Å². The second-order valence-electron chi connectivity index (χ2n) is 7.94. The smallest absolute Gasteiger partial charge is 0.0201 e. The van der Waals surface area contributed by atoms with Crippen molar-refractivity contribution in [3.63, 3.8) is 0 Å². The van der Waals surface area contributed by atoms with Crippen LogP contribution in [0.4, 0.5) is 0 Å². The SMILES string of the molecule is CN1CCC(CN2C[C@]3(C)CN(N)C[C@]3(C)C2)CC1. The van der Waals surface area contributed by atoms with E-state index in [1.807, 2.05) is 5.01 Å². The molecular formula is C15H30N4. The molecular weight excluding hydrogens is 236 g/mol. The molecule has 4 heteroatoms. The normalized spacial score (nSPS) is 42.9. The zero-order valence-corrected chi connectivity index (χ0v) is 12.9. The Kier molecular flexibility index (Phi) is 3.41. The molecule has 3 saturated heterocycles. The Morgan fingerprint density at radius 1 is 1.00 bits per heavy atom. The van der Waals surface area contributed by atoms with E-state index in [0.717, 1.165) is 19.0 Å². The van der Waals surface area contributed by atoms with E-state index in [-0.39, 0.29) is 0 Å². The number of hydrogen-bond acceptors (Lipinski definition) is 4. The Balaban J connectivity index is 1.58. The van der Waals surface area contributed by atoms with Gasteiger partial charge in [0.15, 0.2) is 0 Å². The molecule has 19 heavy (non-hydrogen) atoms. The van der Waals surface area contributed by atoms with Crippen LogP contribution in [-0.2, 0) is 0 Å². The molecule has 0 spiro atoms. The van der Waals surface area contributed by atoms with Gasteiger partial charge in [0, 0.05) is 43.6 Å². The maximum absolute atomic E-state index is 6.05. The van der Waals surface area contributed by atoms with Gasteiger partial charge in [-0.15, -0.1) is 0 Å². The maximum atomic E-state index is 6.05. The lowest BCUT2D eigenvalue weighted by Gasteiger charge is -2.32. The third-order valence-electron chi connectivity index (χ3n) is 6.06. The van der Waals surface area contributed by atoms with E-state index >= 15 is 0 Å². The first-order valence-electron chi connectivity index (χ1n) is 7.81. The first-order valence-corrected chi connectivity index (χ1v) is 7.81. The van der Waals surface area contributed by atoms with Crippen LogP contribution in [0.1, 0.15) is 26.7 Å². The maximum Gasteiger partial charge on any atom is 0.0201 e. The van der Waals surface area contributed by atoms with Gasteiger partial charge in [-0.25, -0.2) is 5.01 Å². The molecule has 0 aliphatic carbocycles. The van der Waals surface area contributed by atoms with Crippen LogP contribution >= 0.6 is 0 Å². The second-order valence-corrected chi connectivity index (χ2v) is 7.94. The van der Waals surface area contributed by atoms with Crippen LogP contribution in [0.5, 0.6) is 0 Å². The predicted molar refractivity (Wildman–Crippen MR) is 78.6 cm³/mol.